The Bertz CT molecular complexity index is 991. The molecule has 0 amide bonds. The van der Waals surface area contributed by atoms with Crippen molar-refractivity contribution in [3.05, 3.63) is 94.8 Å². The quantitative estimate of drug-likeness (QED) is 0.283. The van der Waals surface area contributed by atoms with Crippen molar-refractivity contribution in [3.63, 3.8) is 0 Å². The van der Waals surface area contributed by atoms with E-state index in [0.29, 0.717) is 21.9 Å². The van der Waals surface area contributed by atoms with Gasteiger partial charge in [-0.25, -0.2) is 4.79 Å². The lowest BCUT2D eigenvalue weighted by atomic mass is 10.0. The highest BCUT2D eigenvalue weighted by Crippen LogP contribution is 2.22. The van der Waals surface area contributed by atoms with Crippen LogP contribution in [0.15, 0.2) is 73.1 Å². The minimum Gasteiger partial charge on any atom is -0.423 e. The van der Waals surface area contributed by atoms with Gasteiger partial charge >= 0.3 is 5.97 Å². The Morgan fingerprint density at radius 1 is 1.08 bits per heavy atom. The average Bonchev–Trinajstić information content (AvgIpc) is 2.68. The lowest BCUT2D eigenvalue weighted by Gasteiger charge is -2.05. The first-order valence-corrected chi connectivity index (χ1v) is 8.13. The fourth-order valence-corrected chi connectivity index (χ4v) is 2.47. The van der Waals surface area contributed by atoms with Crippen LogP contribution in [0, 0.1) is 11.3 Å². The highest BCUT2D eigenvalue weighted by Gasteiger charge is 2.08. The van der Waals surface area contributed by atoms with E-state index in [0.717, 1.165) is 11.1 Å². The maximum atomic E-state index is 12.0. The van der Waals surface area contributed by atoms with Crippen LogP contribution < -0.4 is 4.74 Å². The van der Waals surface area contributed by atoms with Crippen LogP contribution in [0.1, 0.15) is 21.5 Å². The maximum Gasteiger partial charge on any atom is 0.345 e. The van der Waals surface area contributed by atoms with E-state index in [1.807, 2.05) is 6.07 Å². The van der Waals surface area contributed by atoms with Crippen LogP contribution in [0.2, 0.25) is 5.02 Å². The molecule has 0 aliphatic heterocycles. The Balaban J connectivity index is 1.77. The fraction of sp³-hybridized carbons (Fsp3) is 0. The molecule has 0 N–H and O–H groups in total. The van der Waals surface area contributed by atoms with Gasteiger partial charge in [-0.3, -0.25) is 4.98 Å². The minimum atomic E-state index is -0.474. The van der Waals surface area contributed by atoms with Gasteiger partial charge in [0.05, 0.1) is 17.2 Å². The van der Waals surface area contributed by atoms with Crippen molar-refractivity contribution >= 4 is 29.2 Å². The number of aromatic nitrogens is 1. The summed E-state index contributed by atoms with van der Waals surface area (Å²) in [7, 11) is 0. The van der Waals surface area contributed by atoms with E-state index in [-0.39, 0.29) is 0 Å². The van der Waals surface area contributed by atoms with Gasteiger partial charge in [-0.15, -0.1) is 0 Å². The molecule has 26 heavy (non-hydrogen) atoms. The second-order valence-electron chi connectivity index (χ2n) is 5.38. The first-order chi connectivity index (χ1) is 12.7. The second kappa shape index (κ2) is 8.11. The Labute approximate surface area is 156 Å². The molecule has 0 fully saturated rings. The summed E-state index contributed by atoms with van der Waals surface area (Å²) in [6, 6.07) is 19.5. The summed E-state index contributed by atoms with van der Waals surface area (Å²) in [6.07, 6.45) is 4.78. The number of rotatable bonds is 4. The van der Waals surface area contributed by atoms with Gasteiger partial charge in [-0.1, -0.05) is 35.9 Å². The number of carbonyl (C=O) groups excluding carboxylic acids is 1. The SMILES string of the molecule is N#C/C(=C/c1ccc(OC(=O)c2cccnc2)cc1)c1cccc(Cl)c1. The molecule has 1 aromatic heterocycles. The smallest absolute Gasteiger partial charge is 0.345 e. The number of carbonyl (C=O) groups is 1. The highest BCUT2D eigenvalue weighted by atomic mass is 35.5. The molecule has 4 nitrogen and oxygen atoms in total. The van der Waals surface area contributed by atoms with Crippen molar-refractivity contribution in [2.24, 2.45) is 0 Å². The van der Waals surface area contributed by atoms with E-state index < -0.39 is 5.97 Å². The van der Waals surface area contributed by atoms with E-state index >= 15 is 0 Å². The first kappa shape index (κ1) is 17.4. The van der Waals surface area contributed by atoms with Crippen molar-refractivity contribution < 1.29 is 9.53 Å². The molecular weight excluding hydrogens is 348 g/mol. The van der Waals surface area contributed by atoms with Crippen LogP contribution >= 0.6 is 11.6 Å². The molecule has 3 aromatic rings. The number of hydrogen-bond acceptors (Lipinski definition) is 4. The normalized spacial score (nSPS) is 10.8. The molecule has 126 valence electrons. The van der Waals surface area contributed by atoms with Gasteiger partial charge < -0.3 is 4.74 Å². The summed E-state index contributed by atoms with van der Waals surface area (Å²) in [5.41, 5.74) is 2.42. The predicted octanol–water partition coefficient (Wildman–Crippen LogP) is 5.02. The number of esters is 1. The summed E-state index contributed by atoms with van der Waals surface area (Å²) >= 11 is 5.98. The molecule has 0 bridgehead atoms. The van der Waals surface area contributed by atoms with Crippen molar-refractivity contribution in [3.8, 4) is 11.8 Å². The molecular formula is C21H13ClN2O2. The summed E-state index contributed by atoms with van der Waals surface area (Å²) in [5, 5.41) is 9.97. The van der Waals surface area contributed by atoms with E-state index in [2.05, 4.69) is 11.1 Å². The van der Waals surface area contributed by atoms with Crippen LogP contribution in [-0.2, 0) is 0 Å². The van der Waals surface area contributed by atoms with E-state index in [1.165, 1.54) is 6.20 Å². The molecule has 1 heterocycles. The van der Waals surface area contributed by atoms with Gasteiger partial charge in [0, 0.05) is 17.4 Å². The second-order valence-corrected chi connectivity index (χ2v) is 5.82. The Morgan fingerprint density at radius 2 is 1.85 bits per heavy atom. The summed E-state index contributed by atoms with van der Waals surface area (Å²) in [6.45, 7) is 0. The zero-order chi connectivity index (χ0) is 18.4. The average molecular weight is 361 g/mol. The number of benzene rings is 2. The molecule has 0 aliphatic carbocycles. The van der Waals surface area contributed by atoms with Crippen LogP contribution in [0.25, 0.3) is 11.6 Å². The standard InChI is InChI=1S/C21H13ClN2O2/c22-19-5-1-3-16(12-19)18(13-23)11-15-6-8-20(9-7-15)26-21(25)17-4-2-10-24-14-17/h1-12,14H/b18-11-. The molecule has 0 spiro atoms. The number of halogens is 1. The molecule has 0 unspecified atom stereocenters. The predicted molar refractivity (Wildman–Crippen MR) is 101 cm³/mol. The third-order valence-electron chi connectivity index (χ3n) is 3.55. The number of pyridine rings is 1. The van der Waals surface area contributed by atoms with Gasteiger partial charge in [0.1, 0.15) is 5.75 Å². The summed E-state index contributed by atoms with van der Waals surface area (Å²) in [5.74, 6) is -0.0599. The third kappa shape index (κ3) is 4.35. The van der Waals surface area contributed by atoms with Crippen molar-refractivity contribution in [2.75, 3.05) is 0 Å². The van der Waals surface area contributed by atoms with E-state index in [9.17, 15) is 10.1 Å². The number of allylic oxidation sites excluding steroid dienone is 1. The number of hydrogen-bond donors (Lipinski definition) is 0. The first-order valence-electron chi connectivity index (χ1n) is 7.76. The maximum absolute atomic E-state index is 12.0. The molecule has 0 radical (unpaired) electrons. The zero-order valence-electron chi connectivity index (χ0n) is 13.6. The number of ether oxygens (including phenoxy) is 1. The summed E-state index contributed by atoms with van der Waals surface area (Å²) in [4.78, 5) is 15.9. The summed E-state index contributed by atoms with van der Waals surface area (Å²) < 4.78 is 5.31. The van der Waals surface area contributed by atoms with Gasteiger partial charge in [0.15, 0.2) is 0 Å². The molecule has 2 aromatic carbocycles. The molecule has 0 aliphatic rings. The van der Waals surface area contributed by atoms with E-state index in [4.69, 9.17) is 16.3 Å². The van der Waals surface area contributed by atoms with Gasteiger partial charge in [0.2, 0.25) is 0 Å². The largest absolute Gasteiger partial charge is 0.423 e. The topological polar surface area (TPSA) is 63.0 Å². The minimum absolute atomic E-state index is 0.379. The number of nitrogens with zero attached hydrogens (tertiary/aromatic N) is 2. The highest BCUT2D eigenvalue weighted by molar-refractivity contribution is 6.30. The van der Waals surface area contributed by atoms with Crippen molar-refractivity contribution in [1.29, 1.82) is 5.26 Å². The fourth-order valence-electron chi connectivity index (χ4n) is 2.28. The molecule has 5 heteroatoms. The zero-order valence-corrected chi connectivity index (χ0v) is 14.4. The molecule has 0 saturated heterocycles. The molecule has 0 saturated carbocycles. The molecule has 3 rings (SSSR count). The van der Waals surface area contributed by atoms with Crippen LogP contribution in [0.3, 0.4) is 0 Å². The third-order valence-corrected chi connectivity index (χ3v) is 3.79. The van der Waals surface area contributed by atoms with Gasteiger partial charge in [-0.05, 0) is 53.6 Å². The Kier molecular flexibility index (Phi) is 5.43. The van der Waals surface area contributed by atoms with Crippen LogP contribution in [0.4, 0.5) is 0 Å². The lowest BCUT2D eigenvalue weighted by molar-refractivity contribution is 0.0734. The Morgan fingerprint density at radius 3 is 2.50 bits per heavy atom. The van der Waals surface area contributed by atoms with Crippen LogP contribution in [-0.4, -0.2) is 11.0 Å². The monoisotopic (exact) mass is 360 g/mol. The molecule has 0 atom stereocenters. The van der Waals surface area contributed by atoms with E-state index in [1.54, 1.807) is 66.9 Å². The van der Waals surface area contributed by atoms with Crippen molar-refractivity contribution in [2.45, 2.75) is 0 Å². The number of nitriles is 1. The van der Waals surface area contributed by atoms with Crippen molar-refractivity contribution in [1.82, 2.24) is 4.98 Å². The van der Waals surface area contributed by atoms with Gasteiger partial charge in [0.25, 0.3) is 0 Å². The van der Waals surface area contributed by atoms with Gasteiger partial charge in [-0.2, -0.15) is 5.26 Å². The van der Waals surface area contributed by atoms with Crippen LogP contribution in [0.5, 0.6) is 5.75 Å². The Hall–Kier alpha value is -3.42. The lowest BCUT2D eigenvalue weighted by Crippen LogP contribution is -2.08.